The molecule has 0 aromatic heterocycles. The summed E-state index contributed by atoms with van der Waals surface area (Å²) in [5.41, 5.74) is 6.07. The SMILES string of the molecule is Nc1ccc(C(=O)Nc2c(Cl)cc(F)cc2Br)cc1O. The van der Waals surface area contributed by atoms with Crippen molar-refractivity contribution in [2.75, 3.05) is 11.1 Å². The molecular weight excluding hydrogens is 351 g/mol. The van der Waals surface area contributed by atoms with Gasteiger partial charge in [-0.25, -0.2) is 4.39 Å². The Morgan fingerprint density at radius 2 is 2.05 bits per heavy atom. The summed E-state index contributed by atoms with van der Waals surface area (Å²) in [4.78, 5) is 12.0. The Hall–Kier alpha value is -1.79. The minimum atomic E-state index is -0.523. The van der Waals surface area contributed by atoms with Gasteiger partial charge in [-0.3, -0.25) is 4.79 Å². The third-order valence-corrected chi connectivity index (χ3v) is 3.46. The van der Waals surface area contributed by atoms with Gasteiger partial charge in [0.15, 0.2) is 0 Å². The van der Waals surface area contributed by atoms with Crippen LogP contribution >= 0.6 is 27.5 Å². The molecule has 2 aromatic rings. The van der Waals surface area contributed by atoms with E-state index in [-0.39, 0.29) is 27.7 Å². The molecule has 7 heteroatoms. The first kappa shape index (κ1) is 14.6. The monoisotopic (exact) mass is 358 g/mol. The van der Waals surface area contributed by atoms with E-state index in [9.17, 15) is 14.3 Å². The highest BCUT2D eigenvalue weighted by Crippen LogP contribution is 2.32. The van der Waals surface area contributed by atoms with E-state index in [1.54, 1.807) is 0 Å². The van der Waals surface area contributed by atoms with Gasteiger partial charge in [0.1, 0.15) is 11.6 Å². The van der Waals surface area contributed by atoms with Gasteiger partial charge in [-0.15, -0.1) is 0 Å². The molecule has 0 radical (unpaired) electrons. The third kappa shape index (κ3) is 3.02. The van der Waals surface area contributed by atoms with Gasteiger partial charge < -0.3 is 16.2 Å². The van der Waals surface area contributed by atoms with Crippen LogP contribution in [0.2, 0.25) is 5.02 Å². The first-order chi connectivity index (χ1) is 9.38. The number of carbonyl (C=O) groups excluding carboxylic acids is 1. The number of phenols is 1. The number of nitrogens with one attached hydrogen (secondary N) is 1. The summed E-state index contributed by atoms with van der Waals surface area (Å²) in [5, 5.41) is 12.1. The lowest BCUT2D eigenvalue weighted by Crippen LogP contribution is -2.13. The Balaban J connectivity index is 2.30. The van der Waals surface area contributed by atoms with Gasteiger partial charge in [-0.2, -0.15) is 0 Å². The standard InChI is InChI=1S/C13H9BrClFN2O2/c14-8-4-7(16)5-9(15)12(8)18-13(20)6-1-2-10(17)11(19)3-6/h1-5,19H,17H2,(H,18,20). The summed E-state index contributed by atoms with van der Waals surface area (Å²) in [6.07, 6.45) is 0. The van der Waals surface area contributed by atoms with E-state index >= 15 is 0 Å². The molecule has 2 rings (SSSR count). The molecule has 20 heavy (non-hydrogen) atoms. The second-order valence-electron chi connectivity index (χ2n) is 3.97. The van der Waals surface area contributed by atoms with Crippen molar-refractivity contribution in [1.29, 1.82) is 0 Å². The van der Waals surface area contributed by atoms with Crippen LogP contribution in [-0.2, 0) is 0 Å². The van der Waals surface area contributed by atoms with E-state index in [0.29, 0.717) is 4.47 Å². The van der Waals surface area contributed by atoms with Crippen LogP contribution in [0.15, 0.2) is 34.8 Å². The highest BCUT2D eigenvalue weighted by molar-refractivity contribution is 9.10. The van der Waals surface area contributed by atoms with Crippen molar-refractivity contribution < 1.29 is 14.3 Å². The third-order valence-electron chi connectivity index (χ3n) is 2.54. The van der Waals surface area contributed by atoms with Crippen LogP contribution in [0, 0.1) is 5.82 Å². The topological polar surface area (TPSA) is 75.4 Å². The summed E-state index contributed by atoms with van der Waals surface area (Å²) in [7, 11) is 0. The molecule has 4 nitrogen and oxygen atoms in total. The molecule has 0 unspecified atom stereocenters. The zero-order chi connectivity index (χ0) is 14.9. The molecule has 0 aliphatic rings. The number of aromatic hydroxyl groups is 1. The van der Waals surface area contributed by atoms with Crippen LogP contribution in [-0.4, -0.2) is 11.0 Å². The smallest absolute Gasteiger partial charge is 0.255 e. The number of benzene rings is 2. The van der Waals surface area contributed by atoms with Crippen molar-refractivity contribution in [3.05, 3.63) is 51.2 Å². The summed E-state index contributed by atoms with van der Waals surface area (Å²) < 4.78 is 13.4. The second kappa shape index (κ2) is 5.68. The first-order valence-electron chi connectivity index (χ1n) is 5.43. The minimum Gasteiger partial charge on any atom is -0.506 e. The molecule has 0 aliphatic carbocycles. The maximum Gasteiger partial charge on any atom is 0.255 e. The fourth-order valence-electron chi connectivity index (χ4n) is 1.53. The minimum absolute atomic E-state index is 0.0601. The second-order valence-corrected chi connectivity index (χ2v) is 5.23. The number of phenolic OH excluding ortho intramolecular Hbond substituents is 1. The van der Waals surface area contributed by atoms with Gasteiger partial charge in [-0.1, -0.05) is 11.6 Å². The number of carbonyl (C=O) groups is 1. The van der Waals surface area contributed by atoms with Crippen LogP contribution in [0.3, 0.4) is 0 Å². The summed E-state index contributed by atoms with van der Waals surface area (Å²) >= 11 is 8.99. The number of anilines is 2. The molecule has 0 saturated carbocycles. The Morgan fingerprint density at radius 1 is 1.35 bits per heavy atom. The van der Waals surface area contributed by atoms with Gasteiger partial charge in [0, 0.05) is 10.0 Å². The van der Waals surface area contributed by atoms with E-state index in [1.165, 1.54) is 24.3 Å². The quantitative estimate of drug-likeness (QED) is 0.564. The number of nitrogens with two attached hydrogens (primary N) is 1. The molecule has 0 atom stereocenters. The van der Waals surface area contributed by atoms with Crippen LogP contribution in [0.4, 0.5) is 15.8 Å². The molecule has 0 fully saturated rings. The van der Waals surface area contributed by atoms with E-state index < -0.39 is 11.7 Å². The lowest BCUT2D eigenvalue weighted by Gasteiger charge is -2.10. The molecule has 0 spiro atoms. The van der Waals surface area contributed by atoms with Crippen LogP contribution in [0.25, 0.3) is 0 Å². The maximum absolute atomic E-state index is 13.1. The largest absolute Gasteiger partial charge is 0.506 e. The van der Waals surface area contributed by atoms with E-state index in [1.807, 2.05) is 0 Å². The fraction of sp³-hybridized carbons (Fsp3) is 0. The van der Waals surface area contributed by atoms with Gasteiger partial charge in [0.2, 0.25) is 0 Å². The van der Waals surface area contributed by atoms with Crippen molar-refractivity contribution in [3.63, 3.8) is 0 Å². The van der Waals surface area contributed by atoms with Crippen molar-refractivity contribution in [3.8, 4) is 5.75 Å². The molecule has 0 bridgehead atoms. The van der Waals surface area contributed by atoms with Crippen LogP contribution < -0.4 is 11.1 Å². The van der Waals surface area contributed by atoms with Crippen molar-refractivity contribution in [2.45, 2.75) is 0 Å². The van der Waals surface area contributed by atoms with Crippen molar-refractivity contribution >= 4 is 44.8 Å². The van der Waals surface area contributed by atoms with E-state index in [2.05, 4.69) is 21.2 Å². The maximum atomic E-state index is 13.1. The summed E-state index contributed by atoms with van der Waals surface area (Å²) in [6, 6.07) is 6.36. The average molecular weight is 360 g/mol. The van der Waals surface area contributed by atoms with Crippen LogP contribution in [0.1, 0.15) is 10.4 Å². The van der Waals surface area contributed by atoms with Crippen molar-refractivity contribution in [1.82, 2.24) is 0 Å². The fourth-order valence-corrected chi connectivity index (χ4v) is 2.43. The first-order valence-corrected chi connectivity index (χ1v) is 6.60. The highest BCUT2D eigenvalue weighted by Gasteiger charge is 2.14. The lowest BCUT2D eigenvalue weighted by molar-refractivity contribution is 0.102. The normalized spacial score (nSPS) is 10.3. The molecule has 0 saturated heterocycles. The number of amides is 1. The Bertz CT molecular complexity index is 671. The summed E-state index contributed by atoms with van der Waals surface area (Å²) in [6.45, 7) is 0. The number of halogens is 3. The van der Waals surface area contributed by atoms with Crippen molar-refractivity contribution in [2.24, 2.45) is 0 Å². The highest BCUT2D eigenvalue weighted by atomic mass is 79.9. The van der Waals surface area contributed by atoms with Gasteiger partial charge in [0.05, 0.1) is 16.4 Å². The molecule has 1 amide bonds. The average Bonchev–Trinajstić information content (AvgIpc) is 2.36. The molecule has 0 heterocycles. The Kier molecular flexibility index (Phi) is 4.15. The van der Waals surface area contributed by atoms with Gasteiger partial charge >= 0.3 is 0 Å². The van der Waals surface area contributed by atoms with Gasteiger partial charge in [-0.05, 0) is 46.3 Å². The van der Waals surface area contributed by atoms with E-state index in [4.69, 9.17) is 17.3 Å². The number of rotatable bonds is 2. The Labute approximate surface area is 127 Å². The van der Waals surface area contributed by atoms with E-state index in [0.717, 1.165) is 6.07 Å². The molecule has 4 N–H and O–H groups in total. The number of hydrogen-bond donors (Lipinski definition) is 3. The zero-order valence-electron chi connectivity index (χ0n) is 9.95. The molecule has 104 valence electrons. The lowest BCUT2D eigenvalue weighted by atomic mass is 10.1. The molecular formula is C13H9BrClFN2O2. The molecule has 2 aromatic carbocycles. The number of nitrogen functional groups attached to an aromatic ring is 1. The Morgan fingerprint density at radius 3 is 2.65 bits per heavy atom. The van der Waals surface area contributed by atoms with Crippen LogP contribution in [0.5, 0.6) is 5.75 Å². The summed E-state index contributed by atoms with van der Waals surface area (Å²) in [5.74, 6) is -1.22. The predicted octanol–water partition coefficient (Wildman–Crippen LogP) is 3.78. The zero-order valence-corrected chi connectivity index (χ0v) is 12.3. The molecule has 0 aliphatic heterocycles. The number of hydrogen-bond acceptors (Lipinski definition) is 3. The van der Waals surface area contributed by atoms with Gasteiger partial charge in [0.25, 0.3) is 5.91 Å². The predicted molar refractivity (Wildman–Crippen MR) is 79.6 cm³/mol.